The van der Waals surface area contributed by atoms with Crippen molar-refractivity contribution in [2.24, 2.45) is 0 Å². The highest BCUT2D eigenvalue weighted by molar-refractivity contribution is 6.11. The minimum Gasteiger partial charge on any atom is -0.353 e. The molecule has 10 heteroatoms. The number of amides is 4. The van der Waals surface area contributed by atoms with Crippen molar-refractivity contribution in [2.45, 2.75) is 50.7 Å². The number of piperazine rings is 1. The van der Waals surface area contributed by atoms with E-state index < -0.39 is 53.8 Å². The molecule has 0 bridgehead atoms. The van der Waals surface area contributed by atoms with E-state index in [0.717, 1.165) is 17.0 Å². The maximum Gasteiger partial charge on any atom is 0.416 e. The van der Waals surface area contributed by atoms with Crippen molar-refractivity contribution in [2.75, 3.05) is 19.6 Å². The molecule has 31 heavy (non-hydrogen) atoms. The van der Waals surface area contributed by atoms with Gasteiger partial charge in [-0.3, -0.25) is 24.1 Å². The molecule has 1 N–H and O–H groups in total. The molecule has 1 aromatic carbocycles. The highest BCUT2D eigenvalue weighted by Gasteiger charge is 2.54. The molecule has 0 spiro atoms. The first-order chi connectivity index (χ1) is 14.5. The summed E-state index contributed by atoms with van der Waals surface area (Å²) in [6.07, 6.45) is -5.18. The monoisotopic (exact) mass is 439 g/mol. The third kappa shape index (κ3) is 4.03. The first-order valence-corrected chi connectivity index (χ1v) is 10.1. The summed E-state index contributed by atoms with van der Waals surface area (Å²) in [5, 5.41) is 2.67. The first-order valence-electron chi connectivity index (χ1n) is 10.1. The lowest BCUT2D eigenvalue weighted by molar-refractivity contribution is -0.146. The minimum atomic E-state index is -4.64. The molecule has 2 aliphatic rings. The summed E-state index contributed by atoms with van der Waals surface area (Å²) in [4.78, 5) is 53.4. The lowest BCUT2D eigenvalue weighted by Gasteiger charge is -2.37. The molecule has 168 valence electrons. The number of rotatable bonds is 5. The number of carbonyl (C=O) groups is 4. The Balaban J connectivity index is 2.05. The number of imide groups is 1. The van der Waals surface area contributed by atoms with Gasteiger partial charge in [-0.15, -0.1) is 0 Å². The van der Waals surface area contributed by atoms with Crippen LogP contribution in [0.5, 0.6) is 0 Å². The number of benzene rings is 1. The topological polar surface area (TPSA) is 86.8 Å². The number of alkyl halides is 3. The fourth-order valence-electron chi connectivity index (χ4n) is 4.36. The van der Waals surface area contributed by atoms with Crippen molar-refractivity contribution in [1.29, 1.82) is 0 Å². The van der Waals surface area contributed by atoms with E-state index in [1.54, 1.807) is 13.8 Å². The summed E-state index contributed by atoms with van der Waals surface area (Å²) < 4.78 is 39.9. The standard InChI is InChI=1S/C21H24F3N3O4/c1-3-15-18(30)25-8-9-27(15)17(29)12-20(11-16(28)26(4-2)19(20)31)13-6-5-7-14(10-13)21(22,23)24/h5-7,10,15H,3-4,8-9,11-12H2,1-2H3,(H,25,30)/t15-,20-/m1/s1. The second-order valence-corrected chi connectivity index (χ2v) is 7.76. The summed E-state index contributed by atoms with van der Waals surface area (Å²) in [6, 6.07) is 3.49. The van der Waals surface area contributed by atoms with Crippen molar-refractivity contribution in [3.05, 3.63) is 35.4 Å². The third-order valence-electron chi connectivity index (χ3n) is 5.96. The summed E-state index contributed by atoms with van der Waals surface area (Å²) in [5.74, 6) is -2.10. The molecular formula is C21H24F3N3O4. The average Bonchev–Trinajstić information content (AvgIpc) is 2.97. The van der Waals surface area contributed by atoms with Crippen LogP contribution in [-0.4, -0.2) is 59.1 Å². The van der Waals surface area contributed by atoms with Gasteiger partial charge < -0.3 is 10.2 Å². The SMILES string of the molecule is CC[C@@H]1C(=O)NCCN1C(=O)C[C@@]1(c2cccc(C(F)(F)F)c2)CC(=O)N(CC)C1=O. The van der Waals surface area contributed by atoms with Gasteiger partial charge in [0.15, 0.2) is 0 Å². The normalized spacial score (nSPS) is 24.5. The molecule has 2 saturated heterocycles. The van der Waals surface area contributed by atoms with Crippen LogP contribution in [0.15, 0.2) is 24.3 Å². The molecule has 0 unspecified atom stereocenters. The van der Waals surface area contributed by atoms with Crippen molar-refractivity contribution < 1.29 is 32.3 Å². The molecule has 0 saturated carbocycles. The lowest BCUT2D eigenvalue weighted by Crippen LogP contribution is -2.58. The first kappa shape index (κ1) is 22.8. The highest BCUT2D eigenvalue weighted by atomic mass is 19.4. The van der Waals surface area contributed by atoms with Gasteiger partial charge in [0.2, 0.25) is 23.6 Å². The van der Waals surface area contributed by atoms with Crippen molar-refractivity contribution in [3.63, 3.8) is 0 Å². The predicted molar refractivity (Wildman–Crippen MR) is 104 cm³/mol. The number of hydrogen-bond donors (Lipinski definition) is 1. The van der Waals surface area contributed by atoms with E-state index in [4.69, 9.17) is 0 Å². The Bertz CT molecular complexity index is 917. The van der Waals surface area contributed by atoms with Crippen LogP contribution in [0, 0.1) is 0 Å². The molecule has 0 radical (unpaired) electrons. The lowest BCUT2D eigenvalue weighted by atomic mass is 9.75. The fraction of sp³-hybridized carbons (Fsp3) is 0.524. The van der Waals surface area contributed by atoms with Gasteiger partial charge in [-0.1, -0.05) is 25.1 Å². The van der Waals surface area contributed by atoms with E-state index in [1.165, 1.54) is 17.0 Å². The molecule has 2 heterocycles. The summed E-state index contributed by atoms with van der Waals surface area (Å²) >= 11 is 0. The Morgan fingerprint density at radius 2 is 1.94 bits per heavy atom. The Labute approximate surface area is 177 Å². The van der Waals surface area contributed by atoms with Gasteiger partial charge in [-0.2, -0.15) is 13.2 Å². The number of halogens is 3. The quantitative estimate of drug-likeness (QED) is 0.710. The molecule has 2 atom stereocenters. The molecule has 2 aliphatic heterocycles. The van der Waals surface area contributed by atoms with Crippen molar-refractivity contribution in [1.82, 2.24) is 15.1 Å². The van der Waals surface area contributed by atoms with E-state index in [0.29, 0.717) is 6.42 Å². The summed E-state index contributed by atoms with van der Waals surface area (Å²) in [5.41, 5.74) is -2.73. The maximum absolute atomic E-state index is 13.3. The molecule has 7 nitrogen and oxygen atoms in total. The van der Waals surface area contributed by atoms with Crippen LogP contribution in [0.25, 0.3) is 0 Å². The van der Waals surface area contributed by atoms with Crippen molar-refractivity contribution in [3.8, 4) is 0 Å². The van der Waals surface area contributed by atoms with Crippen LogP contribution in [-0.2, 0) is 30.8 Å². The maximum atomic E-state index is 13.3. The summed E-state index contributed by atoms with van der Waals surface area (Å²) in [6.45, 7) is 3.84. The second kappa shape index (κ2) is 8.32. The van der Waals surface area contributed by atoms with E-state index in [1.807, 2.05) is 0 Å². The largest absolute Gasteiger partial charge is 0.416 e. The molecule has 2 fully saturated rings. The van der Waals surface area contributed by atoms with Gasteiger partial charge in [-0.05, 0) is 25.0 Å². The zero-order valence-electron chi connectivity index (χ0n) is 17.3. The third-order valence-corrected chi connectivity index (χ3v) is 5.96. The van der Waals surface area contributed by atoms with E-state index >= 15 is 0 Å². The van der Waals surface area contributed by atoms with Gasteiger partial charge in [-0.25, -0.2) is 0 Å². The van der Waals surface area contributed by atoms with Gasteiger partial charge in [0.25, 0.3) is 0 Å². The van der Waals surface area contributed by atoms with E-state index in [2.05, 4.69) is 5.32 Å². The van der Waals surface area contributed by atoms with Gasteiger partial charge in [0.1, 0.15) is 6.04 Å². The number of likely N-dealkylation sites (tertiary alicyclic amines) is 1. The molecule has 3 rings (SSSR count). The highest BCUT2D eigenvalue weighted by Crippen LogP contribution is 2.42. The molecule has 0 aliphatic carbocycles. The smallest absolute Gasteiger partial charge is 0.353 e. The zero-order valence-corrected chi connectivity index (χ0v) is 17.3. The van der Waals surface area contributed by atoms with Crippen LogP contribution in [0.4, 0.5) is 13.2 Å². The van der Waals surface area contributed by atoms with Crippen LogP contribution < -0.4 is 5.32 Å². The van der Waals surface area contributed by atoms with E-state index in [9.17, 15) is 32.3 Å². The van der Waals surface area contributed by atoms with Gasteiger partial charge in [0, 0.05) is 32.5 Å². The predicted octanol–water partition coefficient (Wildman–Crippen LogP) is 1.85. The minimum absolute atomic E-state index is 0.0283. The molecule has 0 aromatic heterocycles. The Morgan fingerprint density at radius 1 is 1.23 bits per heavy atom. The van der Waals surface area contributed by atoms with Crippen LogP contribution >= 0.6 is 0 Å². The molecular weight excluding hydrogens is 415 g/mol. The van der Waals surface area contributed by atoms with Crippen LogP contribution in [0.3, 0.4) is 0 Å². The number of nitrogens with zero attached hydrogens (tertiary/aromatic N) is 2. The van der Waals surface area contributed by atoms with Gasteiger partial charge >= 0.3 is 6.18 Å². The van der Waals surface area contributed by atoms with Crippen molar-refractivity contribution >= 4 is 23.6 Å². The molecule has 4 amide bonds. The van der Waals surface area contributed by atoms with Crippen LogP contribution in [0.1, 0.15) is 44.2 Å². The fourth-order valence-corrected chi connectivity index (χ4v) is 4.36. The number of carbonyl (C=O) groups excluding carboxylic acids is 4. The average molecular weight is 439 g/mol. The van der Waals surface area contributed by atoms with Crippen LogP contribution in [0.2, 0.25) is 0 Å². The van der Waals surface area contributed by atoms with Gasteiger partial charge in [0.05, 0.1) is 11.0 Å². The number of nitrogens with one attached hydrogen (secondary N) is 1. The number of likely N-dealkylation sites (N-methyl/N-ethyl adjacent to an activating group) is 1. The zero-order chi connectivity index (χ0) is 23.0. The Hall–Kier alpha value is -2.91. The number of hydrogen-bond acceptors (Lipinski definition) is 4. The Kier molecular flexibility index (Phi) is 6.11. The Morgan fingerprint density at radius 3 is 2.52 bits per heavy atom. The summed E-state index contributed by atoms with van der Waals surface area (Å²) in [7, 11) is 0. The molecule has 1 aromatic rings. The second-order valence-electron chi connectivity index (χ2n) is 7.76. The van der Waals surface area contributed by atoms with E-state index in [-0.39, 0.29) is 31.1 Å².